The van der Waals surface area contributed by atoms with Crippen LogP contribution in [0.4, 0.5) is 5.13 Å². The van der Waals surface area contributed by atoms with Gasteiger partial charge in [-0.1, -0.05) is 20.8 Å². The minimum atomic E-state index is 0.300. The van der Waals surface area contributed by atoms with Crippen molar-refractivity contribution < 1.29 is 0 Å². The monoisotopic (exact) mass is 211 g/mol. The van der Waals surface area contributed by atoms with Gasteiger partial charge >= 0.3 is 0 Å². The molecule has 4 heteroatoms. The van der Waals surface area contributed by atoms with Crippen molar-refractivity contribution >= 4 is 16.7 Å². The number of hydrogen-bond donors (Lipinski definition) is 1. The fraction of sp³-hybridized carbons (Fsp3) is 0.800. The van der Waals surface area contributed by atoms with Crippen molar-refractivity contribution in [1.29, 1.82) is 0 Å². The summed E-state index contributed by atoms with van der Waals surface area (Å²) in [5.41, 5.74) is 0.300. The lowest BCUT2D eigenvalue weighted by Gasteiger charge is -2.04. The maximum atomic E-state index is 4.51. The van der Waals surface area contributed by atoms with Crippen molar-refractivity contribution in [3.63, 3.8) is 0 Å². The number of nitrogens with one attached hydrogen (secondary N) is 1. The largest absolute Gasteiger partial charge is 0.360 e. The molecule has 14 heavy (non-hydrogen) atoms. The zero-order chi connectivity index (χ0) is 10.2. The maximum Gasteiger partial charge on any atom is 0.202 e. The average molecular weight is 211 g/mol. The molecule has 0 aromatic carbocycles. The third-order valence-electron chi connectivity index (χ3n) is 2.63. The smallest absolute Gasteiger partial charge is 0.202 e. The summed E-state index contributed by atoms with van der Waals surface area (Å²) in [4.78, 5) is 4.51. The van der Waals surface area contributed by atoms with E-state index in [0.717, 1.165) is 17.5 Å². The quantitative estimate of drug-likeness (QED) is 0.832. The molecule has 0 aliphatic heterocycles. The highest BCUT2D eigenvalue weighted by atomic mass is 32.1. The molecule has 1 heterocycles. The van der Waals surface area contributed by atoms with Crippen LogP contribution >= 0.6 is 11.5 Å². The fourth-order valence-electron chi connectivity index (χ4n) is 1.24. The van der Waals surface area contributed by atoms with Crippen LogP contribution in [0.25, 0.3) is 0 Å². The summed E-state index contributed by atoms with van der Waals surface area (Å²) in [6, 6.07) is 0. The number of hydrogen-bond acceptors (Lipinski definition) is 4. The minimum Gasteiger partial charge on any atom is -0.360 e. The molecule has 1 aliphatic rings. The molecule has 1 saturated carbocycles. The first-order valence-corrected chi connectivity index (χ1v) is 5.95. The topological polar surface area (TPSA) is 37.8 Å². The minimum absolute atomic E-state index is 0.300. The fourth-order valence-corrected chi connectivity index (χ4v) is 1.95. The molecule has 0 atom stereocenters. The summed E-state index contributed by atoms with van der Waals surface area (Å²) in [6.07, 6.45) is 2.49. The third kappa shape index (κ3) is 2.05. The standard InChI is InChI=1S/C10H17N3S/c1-7(2)6-11-9-12-8(13-14-9)10(3)4-5-10/h7H,4-6H2,1-3H3,(H,11,12,13). The predicted molar refractivity (Wildman–Crippen MR) is 59.8 cm³/mol. The Morgan fingerprint density at radius 3 is 2.79 bits per heavy atom. The van der Waals surface area contributed by atoms with Gasteiger partial charge in [0.05, 0.1) is 0 Å². The van der Waals surface area contributed by atoms with Crippen molar-refractivity contribution in [2.75, 3.05) is 11.9 Å². The van der Waals surface area contributed by atoms with E-state index in [1.165, 1.54) is 24.4 Å². The molecular formula is C10H17N3S. The van der Waals surface area contributed by atoms with Crippen LogP contribution in [0.5, 0.6) is 0 Å². The summed E-state index contributed by atoms with van der Waals surface area (Å²) in [7, 11) is 0. The van der Waals surface area contributed by atoms with E-state index in [1.807, 2.05) is 0 Å². The van der Waals surface area contributed by atoms with E-state index in [4.69, 9.17) is 0 Å². The van der Waals surface area contributed by atoms with E-state index >= 15 is 0 Å². The second kappa shape index (κ2) is 3.50. The molecule has 0 radical (unpaired) electrons. The Bertz CT molecular complexity index is 315. The first-order valence-electron chi connectivity index (χ1n) is 5.18. The van der Waals surface area contributed by atoms with Crippen LogP contribution in [0.3, 0.4) is 0 Å². The summed E-state index contributed by atoms with van der Waals surface area (Å²) >= 11 is 1.49. The van der Waals surface area contributed by atoms with Gasteiger partial charge in [0.2, 0.25) is 5.13 Å². The van der Waals surface area contributed by atoms with Gasteiger partial charge in [-0.3, -0.25) is 0 Å². The van der Waals surface area contributed by atoms with E-state index in [9.17, 15) is 0 Å². The molecule has 0 unspecified atom stereocenters. The van der Waals surface area contributed by atoms with Gasteiger partial charge in [-0.2, -0.15) is 4.37 Å². The van der Waals surface area contributed by atoms with Crippen LogP contribution in [0.15, 0.2) is 0 Å². The normalized spacial score (nSPS) is 18.6. The Hall–Kier alpha value is -0.640. The van der Waals surface area contributed by atoms with Gasteiger partial charge < -0.3 is 5.32 Å². The Morgan fingerprint density at radius 2 is 2.21 bits per heavy atom. The Morgan fingerprint density at radius 1 is 1.50 bits per heavy atom. The number of nitrogens with zero attached hydrogens (tertiary/aromatic N) is 2. The second-order valence-electron chi connectivity index (χ2n) is 4.76. The number of anilines is 1. The zero-order valence-corrected chi connectivity index (χ0v) is 9.82. The van der Waals surface area contributed by atoms with Crippen molar-refractivity contribution in [3.8, 4) is 0 Å². The van der Waals surface area contributed by atoms with Gasteiger partial charge in [0, 0.05) is 23.5 Å². The van der Waals surface area contributed by atoms with Crippen LogP contribution in [0, 0.1) is 5.92 Å². The molecule has 1 N–H and O–H groups in total. The molecule has 1 aromatic heterocycles. The van der Waals surface area contributed by atoms with Gasteiger partial charge in [-0.05, 0) is 18.8 Å². The van der Waals surface area contributed by atoms with E-state index in [-0.39, 0.29) is 0 Å². The molecule has 2 rings (SSSR count). The Kier molecular flexibility index (Phi) is 2.47. The molecule has 1 fully saturated rings. The van der Waals surface area contributed by atoms with Gasteiger partial charge in [-0.15, -0.1) is 0 Å². The van der Waals surface area contributed by atoms with Crippen LogP contribution < -0.4 is 5.32 Å². The number of aromatic nitrogens is 2. The summed E-state index contributed by atoms with van der Waals surface area (Å²) in [5, 5.41) is 4.28. The average Bonchev–Trinajstić information content (AvgIpc) is 2.70. The first-order chi connectivity index (χ1) is 6.60. The maximum absolute atomic E-state index is 4.51. The van der Waals surface area contributed by atoms with Crippen LogP contribution in [0.1, 0.15) is 39.4 Å². The molecule has 0 spiro atoms. The van der Waals surface area contributed by atoms with Crippen molar-refractivity contribution in [1.82, 2.24) is 9.36 Å². The van der Waals surface area contributed by atoms with Crippen LogP contribution in [0.2, 0.25) is 0 Å². The summed E-state index contributed by atoms with van der Waals surface area (Å²) < 4.78 is 4.40. The Balaban J connectivity index is 1.96. The van der Waals surface area contributed by atoms with E-state index in [0.29, 0.717) is 11.3 Å². The Labute approximate surface area is 89.1 Å². The molecule has 1 aliphatic carbocycles. The van der Waals surface area contributed by atoms with Crippen LogP contribution in [-0.4, -0.2) is 15.9 Å². The van der Waals surface area contributed by atoms with Gasteiger partial charge in [0.15, 0.2) is 5.82 Å². The SMILES string of the molecule is CC(C)CNc1nc(C2(C)CC2)ns1. The predicted octanol–water partition coefficient (Wildman–Crippen LogP) is 2.66. The van der Waals surface area contributed by atoms with Gasteiger partial charge in [-0.25, -0.2) is 4.98 Å². The molecule has 3 nitrogen and oxygen atoms in total. The zero-order valence-electron chi connectivity index (χ0n) is 9.00. The van der Waals surface area contributed by atoms with Gasteiger partial charge in [0.1, 0.15) is 0 Å². The van der Waals surface area contributed by atoms with Crippen molar-refractivity contribution in [3.05, 3.63) is 5.82 Å². The lowest BCUT2D eigenvalue weighted by atomic mass is 10.1. The first kappa shape index (κ1) is 9.90. The van der Waals surface area contributed by atoms with Crippen molar-refractivity contribution in [2.45, 2.75) is 39.0 Å². The summed E-state index contributed by atoms with van der Waals surface area (Å²) in [5.74, 6) is 1.69. The highest BCUT2D eigenvalue weighted by Gasteiger charge is 2.42. The van der Waals surface area contributed by atoms with Gasteiger partial charge in [0.25, 0.3) is 0 Å². The molecule has 0 amide bonds. The van der Waals surface area contributed by atoms with E-state index < -0.39 is 0 Å². The third-order valence-corrected chi connectivity index (χ3v) is 3.30. The number of rotatable bonds is 4. The molecular weight excluding hydrogens is 194 g/mol. The summed E-state index contributed by atoms with van der Waals surface area (Å²) in [6.45, 7) is 7.60. The molecule has 0 bridgehead atoms. The highest BCUT2D eigenvalue weighted by Crippen LogP contribution is 2.46. The molecule has 0 saturated heterocycles. The highest BCUT2D eigenvalue weighted by molar-refractivity contribution is 7.09. The van der Waals surface area contributed by atoms with Crippen LogP contribution in [-0.2, 0) is 5.41 Å². The van der Waals surface area contributed by atoms with Crippen molar-refractivity contribution in [2.24, 2.45) is 5.92 Å². The van der Waals surface area contributed by atoms with E-state index in [2.05, 4.69) is 35.4 Å². The molecule has 78 valence electrons. The lowest BCUT2D eigenvalue weighted by molar-refractivity contribution is 0.686. The van der Waals surface area contributed by atoms with E-state index in [1.54, 1.807) is 0 Å². The molecule has 1 aromatic rings. The lowest BCUT2D eigenvalue weighted by Crippen LogP contribution is -2.08. The second-order valence-corrected chi connectivity index (χ2v) is 5.51.